The van der Waals surface area contributed by atoms with Crippen LogP contribution >= 0.6 is 0 Å². The van der Waals surface area contributed by atoms with Crippen molar-refractivity contribution in [2.45, 2.75) is 39.5 Å². The molecule has 2 aromatic rings. The van der Waals surface area contributed by atoms with E-state index in [1.165, 1.54) is 0 Å². The molecule has 23 heavy (non-hydrogen) atoms. The Labute approximate surface area is 138 Å². The van der Waals surface area contributed by atoms with E-state index in [4.69, 9.17) is 4.98 Å². The molecule has 2 heterocycles. The van der Waals surface area contributed by atoms with Crippen LogP contribution in [0.25, 0.3) is 10.9 Å². The third kappa shape index (κ3) is 3.86. The second-order valence-corrected chi connectivity index (χ2v) is 6.67. The number of aryl methyl sites for hydroxylation is 1. The number of β-amino-alcohol motifs (C(OH)–C–C–N with tert-alkyl or cyclic N) is 1. The highest BCUT2D eigenvalue weighted by Crippen LogP contribution is 2.17. The minimum absolute atomic E-state index is 0.268. The molecule has 1 N–H and O–H groups in total. The summed E-state index contributed by atoms with van der Waals surface area (Å²) >= 11 is 0. The Bertz CT molecular complexity index is 673. The van der Waals surface area contributed by atoms with Crippen LogP contribution in [0.3, 0.4) is 0 Å². The molecule has 0 radical (unpaired) electrons. The highest BCUT2D eigenvalue weighted by Gasteiger charge is 2.24. The fraction of sp³-hybridized carbons (Fsp3) is 0.556. The molecule has 1 saturated heterocycles. The van der Waals surface area contributed by atoms with Gasteiger partial charge in [-0.2, -0.15) is 0 Å². The number of aromatic nitrogens is 2. The molecule has 1 aromatic carbocycles. The van der Waals surface area contributed by atoms with Gasteiger partial charge in [-0.1, -0.05) is 18.2 Å². The summed E-state index contributed by atoms with van der Waals surface area (Å²) in [5.41, 5.74) is 2.07. The lowest BCUT2D eigenvalue weighted by molar-refractivity contribution is 0.0414. The molecule has 1 aromatic heterocycles. The fourth-order valence-electron chi connectivity index (χ4n) is 3.39. The second-order valence-electron chi connectivity index (χ2n) is 6.67. The highest BCUT2D eigenvalue weighted by atomic mass is 16.3. The SMILES string of the molecule is Cc1nc(CN2CCN(C[C@H](C)O)[C@@H](C)C2)nc2ccccc12. The van der Waals surface area contributed by atoms with Crippen LogP contribution in [0.5, 0.6) is 0 Å². The smallest absolute Gasteiger partial charge is 0.143 e. The van der Waals surface area contributed by atoms with E-state index in [1.807, 2.05) is 19.1 Å². The predicted octanol–water partition coefficient (Wildman–Crippen LogP) is 1.83. The fourth-order valence-corrected chi connectivity index (χ4v) is 3.39. The second kappa shape index (κ2) is 6.91. The van der Waals surface area contributed by atoms with E-state index in [-0.39, 0.29) is 6.10 Å². The molecule has 1 fully saturated rings. The van der Waals surface area contributed by atoms with Gasteiger partial charge in [0.2, 0.25) is 0 Å². The first-order valence-corrected chi connectivity index (χ1v) is 8.39. The van der Waals surface area contributed by atoms with Gasteiger partial charge in [0.15, 0.2) is 0 Å². The van der Waals surface area contributed by atoms with Gasteiger partial charge < -0.3 is 5.11 Å². The molecule has 124 valence electrons. The molecule has 0 aliphatic carbocycles. The van der Waals surface area contributed by atoms with Gasteiger partial charge in [-0.25, -0.2) is 9.97 Å². The molecule has 0 amide bonds. The lowest BCUT2D eigenvalue weighted by atomic mass is 10.1. The number of aliphatic hydroxyl groups is 1. The first-order valence-electron chi connectivity index (χ1n) is 8.39. The van der Waals surface area contributed by atoms with E-state index < -0.39 is 0 Å². The molecule has 1 aliphatic rings. The summed E-state index contributed by atoms with van der Waals surface area (Å²) < 4.78 is 0. The largest absolute Gasteiger partial charge is 0.392 e. The third-order valence-corrected chi connectivity index (χ3v) is 4.55. The lowest BCUT2D eigenvalue weighted by Gasteiger charge is -2.40. The first-order chi connectivity index (χ1) is 11.0. The number of piperazine rings is 1. The number of para-hydroxylation sites is 1. The highest BCUT2D eigenvalue weighted by molar-refractivity contribution is 5.80. The average molecular weight is 314 g/mol. The molecule has 0 saturated carbocycles. The van der Waals surface area contributed by atoms with Crippen molar-refractivity contribution in [3.8, 4) is 0 Å². The molecule has 2 atom stereocenters. The van der Waals surface area contributed by atoms with Crippen LogP contribution in [0.4, 0.5) is 0 Å². The average Bonchev–Trinajstić information content (AvgIpc) is 2.50. The normalized spacial score (nSPS) is 21.7. The van der Waals surface area contributed by atoms with Crippen LogP contribution in [0.2, 0.25) is 0 Å². The van der Waals surface area contributed by atoms with Crippen LogP contribution in [0.1, 0.15) is 25.4 Å². The summed E-state index contributed by atoms with van der Waals surface area (Å²) in [7, 11) is 0. The maximum Gasteiger partial charge on any atom is 0.143 e. The Morgan fingerprint density at radius 2 is 2.04 bits per heavy atom. The van der Waals surface area contributed by atoms with Crippen molar-refractivity contribution in [1.82, 2.24) is 19.8 Å². The topological polar surface area (TPSA) is 52.5 Å². The van der Waals surface area contributed by atoms with E-state index >= 15 is 0 Å². The number of benzene rings is 1. The van der Waals surface area contributed by atoms with Gasteiger partial charge in [-0.15, -0.1) is 0 Å². The van der Waals surface area contributed by atoms with Gasteiger partial charge in [0.05, 0.1) is 18.2 Å². The molecule has 5 heteroatoms. The van der Waals surface area contributed by atoms with Crippen molar-refractivity contribution in [3.63, 3.8) is 0 Å². The third-order valence-electron chi connectivity index (χ3n) is 4.55. The molecule has 3 rings (SSSR count). The van der Waals surface area contributed by atoms with Gasteiger partial charge in [-0.05, 0) is 26.8 Å². The summed E-state index contributed by atoms with van der Waals surface area (Å²) in [6, 6.07) is 8.62. The molecular formula is C18H26N4O. The zero-order chi connectivity index (χ0) is 16.4. The predicted molar refractivity (Wildman–Crippen MR) is 92.3 cm³/mol. The van der Waals surface area contributed by atoms with Crippen LogP contribution in [0, 0.1) is 6.92 Å². The first kappa shape index (κ1) is 16.3. The Morgan fingerprint density at radius 3 is 2.78 bits per heavy atom. The number of aliphatic hydroxyl groups excluding tert-OH is 1. The number of hydrogen-bond donors (Lipinski definition) is 1. The molecule has 0 bridgehead atoms. The molecule has 1 aliphatic heterocycles. The van der Waals surface area contributed by atoms with Crippen molar-refractivity contribution in [2.75, 3.05) is 26.2 Å². The summed E-state index contributed by atoms with van der Waals surface area (Å²) in [4.78, 5) is 14.2. The zero-order valence-electron chi connectivity index (χ0n) is 14.2. The zero-order valence-corrected chi connectivity index (χ0v) is 14.2. The maximum atomic E-state index is 9.58. The van der Waals surface area contributed by atoms with Crippen molar-refractivity contribution in [1.29, 1.82) is 0 Å². The Morgan fingerprint density at radius 1 is 1.26 bits per heavy atom. The van der Waals surface area contributed by atoms with E-state index in [1.54, 1.807) is 0 Å². The summed E-state index contributed by atoms with van der Waals surface area (Å²) in [6.45, 7) is 10.6. The van der Waals surface area contributed by atoms with Crippen LogP contribution in [0.15, 0.2) is 24.3 Å². The Balaban J connectivity index is 1.69. The van der Waals surface area contributed by atoms with Gasteiger partial charge in [0.25, 0.3) is 0 Å². The van der Waals surface area contributed by atoms with E-state index in [0.29, 0.717) is 6.04 Å². The molecule has 5 nitrogen and oxygen atoms in total. The van der Waals surface area contributed by atoms with E-state index in [9.17, 15) is 5.11 Å². The molecular weight excluding hydrogens is 288 g/mol. The lowest BCUT2D eigenvalue weighted by Crippen LogP contribution is -2.53. The number of rotatable bonds is 4. The maximum absolute atomic E-state index is 9.58. The van der Waals surface area contributed by atoms with Crippen LogP contribution in [-0.4, -0.2) is 63.2 Å². The number of nitrogens with zero attached hydrogens (tertiary/aromatic N) is 4. The molecule has 0 spiro atoms. The summed E-state index contributed by atoms with van der Waals surface area (Å²) in [5, 5.41) is 10.7. The quantitative estimate of drug-likeness (QED) is 0.933. The summed E-state index contributed by atoms with van der Waals surface area (Å²) in [6.07, 6.45) is -0.268. The minimum atomic E-state index is -0.268. The van der Waals surface area contributed by atoms with E-state index in [0.717, 1.165) is 55.1 Å². The van der Waals surface area contributed by atoms with Crippen molar-refractivity contribution < 1.29 is 5.11 Å². The van der Waals surface area contributed by atoms with Crippen LogP contribution in [-0.2, 0) is 6.54 Å². The Kier molecular flexibility index (Phi) is 4.90. The monoisotopic (exact) mass is 314 g/mol. The number of hydrogen-bond acceptors (Lipinski definition) is 5. The standard InChI is InChI=1S/C18H26N4O/c1-13-10-21(8-9-22(13)11-14(2)23)12-18-19-15(3)16-6-4-5-7-17(16)20-18/h4-7,13-14,23H,8-12H2,1-3H3/t13-,14-/m0/s1. The van der Waals surface area contributed by atoms with Gasteiger partial charge in [0.1, 0.15) is 5.82 Å². The van der Waals surface area contributed by atoms with E-state index in [2.05, 4.69) is 40.8 Å². The number of fused-ring (bicyclic) bond motifs is 1. The van der Waals surface area contributed by atoms with Crippen LogP contribution < -0.4 is 0 Å². The van der Waals surface area contributed by atoms with Crippen molar-refractivity contribution in [3.05, 3.63) is 35.8 Å². The summed E-state index contributed by atoms with van der Waals surface area (Å²) in [5.74, 6) is 0.900. The van der Waals surface area contributed by atoms with Gasteiger partial charge in [-0.3, -0.25) is 9.80 Å². The minimum Gasteiger partial charge on any atom is -0.392 e. The Hall–Kier alpha value is -1.56. The van der Waals surface area contributed by atoms with Gasteiger partial charge in [0, 0.05) is 43.3 Å². The van der Waals surface area contributed by atoms with Crippen molar-refractivity contribution >= 4 is 10.9 Å². The molecule has 0 unspecified atom stereocenters. The van der Waals surface area contributed by atoms with Gasteiger partial charge >= 0.3 is 0 Å². The van der Waals surface area contributed by atoms with Crippen molar-refractivity contribution in [2.24, 2.45) is 0 Å².